The van der Waals surface area contributed by atoms with Crippen LogP contribution in [0.15, 0.2) is 12.1 Å². The van der Waals surface area contributed by atoms with Gasteiger partial charge >= 0.3 is 0 Å². The van der Waals surface area contributed by atoms with Crippen LogP contribution in [0, 0.1) is 0 Å². The van der Waals surface area contributed by atoms with Crippen molar-refractivity contribution >= 4 is 39.4 Å². The minimum Gasteiger partial charge on any atom is -0.378 e. The zero-order chi connectivity index (χ0) is 15.2. The lowest BCUT2D eigenvalue weighted by Gasteiger charge is -2.14. The van der Waals surface area contributed by atoms with Crippen molar-refractivity contribution in [2.45, 2.75) is 26.6 Å². The molecular formula is C14H20ClN3OS2. The first-order chi connectivity index (χ1) is 10.1. The lowest BCUT2D eigenvalue weighted by molar-refractivity contribution is 0.181. The Bertz CT molecular complexity index is 570. The van der Waals surface area contributed by atoms with Crippen molar-refractivity contribution in [2.24, 2.45) is 0 Å². The molecule has 0 aromatic carbocycles. The van der Waals surface area contributed by atoms with Crippen LogP contribution < -0.4 is 10.2 Å². The van der Waals surface area contributed by atoms with Gasteiger partial charge in [-0.05, 0) is 18.7 Å². The summed E-state index contributed by atoms with van der Waals surface area (Å²) in [6, 6.07) is 4.00. The van der Waals surface area contributed by atoms with Gasteiger partial charge in [0.2, 0.25) is 0 Å². The Morgan fingerprint density at radius 2 is 2.19 bits per heavy atom. The van der Waals surface area contributed by atoms with Gasteiger partial charge in [-0.2, -0.15) is 0 Å². The molecule has 4 nitrogen and oxygen atoms in total. The number of thiazole rings is 1. The normalized spacial score (nSPS) is 11.0. The van der Waals surface area contributed by atoms with E-state index < -0.39 is 0 Å². The fourth-order valence-electron chi connectivity index (χ4n) is 1.90. The second kappa shape index (κ2) is 8.10. The minimum atomic E-state index is 0.551. The predicted octanol–water partition coefficient (Wildman–Crippen LogP) is 3.75. The molecule has 2 aromatic heterocycles. The van der Waals surface area contributed by atoms with Crippen molar-refractivity contribution in [1.29, 1.82) is 0 Å². The number of aromatic nitrogens is 1. The summed E-state index contributed by atoms with van der Waals surface area (Å²) in [5.41, 5.74) is 1.02. The molecule has 0 radical (unpaired) electrons. The molecule has 0 saturated heterocycles. The first kappa shape index (κ1) is 16.7. The molecule has 0 atom stereocenters. The summed E-state index contributed by atoms with van der Waals surface area (Å²) in [5.74, 6) is 0. The van der Waals surface area contributed by atoms with Gasteiger partial charge in [0.05, 0.1) is 23.2 Å². The van der Waals surface area contributed by atoms with Gasteiger partial charge in [-0.15, -0.1) is 22.7 Å². The molecule has 0 aliphatic carbocycles. The Hall–Kier alpha value is -0.660. The molecule has 1 N–H and O–H groups in total. The highest BCUT2D eigenvalue weighted by Gasteiger charge is 2.14. The largest absolute Gasteiger partial charge is 0.378 e. The predicted molar refractivity (Wildman–Crippen MR) is 91.6 cm³/mol. The Morgan fingerprint density at radius 1 is 1.38 bits per heavy atom. The Balaban J connectivity index is 2.10. The molecule has 7 heteroatoms. The fraction of sp³-hybridized carbons (Fsp3) is 0.500. The van der Waals surface area contributed by atoms with E-state index >= 15 is 0 Å². The number of ether oxygens (including phenoxy) is 1. The Kier molecular flexibility index (Phi) is 6.44. The summed E-state index contributed by atoms with van der Waals surface area (Å²) in [7, 11) is 3.76. The van der Waals surface area contributed by atoms with E-state index in [4.69, 9.17) is 21.3 Å². The third-order valence-electron chi connectivity index (χ3n) is 2.93. The van der Waals surface area contributed by atoms with Gasteiger partial charge in [0.1, 0.15) is 0 Å². The van der Waals surface area contributed by atoms with Crippen molar-refractivity contribution in [3.8, 4) is 0 Å². The third kappa shape index (κ3) is 4.66. The number of nitrogens with zero attached hydrogens (tertiary/aromatic N) is 2. The summed E-state index contributed by atoms with van der Waals surface area (Å²) in [6.07, 6.45) is 0. The third-order valence-corrected chi connectivity index (χ3v) is 5.36. The zero-order valence-corrected chi connectivity index (χ0v) is 14.9. The van der Waals surface area contributed by atoms with Crippen molar-refractivity contribution in [3.63, 3.8) is 0 Å². The van der Waals surface area contributed by atoms with Gasteiger partial charge < -0.3 is 15.0 Å². The molecule has 116 valence electrons. The number of nitrogens with one attached hydrogen (secondary N) is 1. The van der Waals surface area contributed by atoms with Gasteiger partial charge in [0, 0.05) is 30.5 Å². The lowest BCUT2D eigenvalue weighted by Crippen LogP contribution is -2.15. The minimum absolute atomic E-state index is 0.551. The monoisotopic (exact) mass is 345 g/mol. The number of hydrogen-bond donors (Lipinski definition) is 1. The number of halogens is 1. The first-order valence-corrected chi connectivity index (χ1v) is 8.78. The van der Waals surface area contributed by atoms with Gasteiger partial charge in [-0.25, -0.2) is 4.98 Å². The summed E-state index contributed by atoms with van der Waals surface area (Å²) in [4.78, 5) is 9.34. The molecule has 0 fully saturated rings. The van der Waals surface area contributed by atoms with Crippen molar-refractivity contribution in [2.75, 3.05) is 25.6 Å². The summed E-state index contributed by atoms with van der Waals surface area (Å²) >= 11 is 9.31. The Morgan fingerprint density at radius 3 is 2.81 bits per heavy atom. The number of rotatable bonds is 8. The van der Waals surface area contributed by atoms with Crippen LogP contribution in [-0.2, 0) is 24.4 Å². The molecule has 21 heavy (non-hydrogen) atoms. The van der Waals surface area contributed by atoms with Gasteiger partial charge in [0.15, 0.2) is 5.13 Å². The number of thiophene rings is 1. The van der Waals surface area contributed by atoms with Crippen LogP contribution in [0.1, 0.15) is 22.4 Å². The van der Waals surface area contributed by atoms with E-state index in [-0.39, 0.29) is 0 Å². The van der Waals surface area contributed by atoms with Crippen LogP contribution in [0.3, 0.4) is 0 Å². The average molecular weight is 346 g/mol. The van der Waals surface area contributed by atoms with E-state index in [0.29, 0.717) is 6.61 Å². The molecule has 2 heterocycles. The van der Waals surface area contributed by atoms with E-state index in [1.807, 2.05) is 6.07 Å². The van der Waals surface area contributed by atoms with Gasteiger partial charge in [0.25, 0.3) is 0 Å². The molecule has 2 aromatic rings. The number of hydrogen-bond acceptors (Lipinski definition) is 6. The SMILES string of the molecule is CCNCc1sc(N(C)Cc2ccc(Cl)s2)nc1COC. The van der Waals surface area contributed by atoms with E-state index in [9.17, 15) is 0 Å². The summed E-state index contributed by atoms with van der Waals surface area (Å²) < 4.78 is 6.07. The highest BCUT2D eigenvalue weighted by molar-refractivity contribution is 7.16. The highest BCUT2D eigenvalue weighted by Crippen LogP contribution is 2.29. The van der Waals surface area contributed by atoms with Gasteiger partial charge in [-0.3, -0.25) is 0 Å². The molecule has 0 aliphatic rings. The Labute approximate surface area is 138 Å². The maximum absolute atomic E-state index is 5.98. The smallest absolute Gasteiger partial charge is 0.185 e. The van der Waals surface area contributed by atoms with E-state index in [2.05, 4.69) is 30.3 Å². The summed E-state index contributed by atoms with van der Waals surface area (Å²) in [6.45, 7) is 5.26. The van der Waals surface area contributed by atoms with Crippen LogP contribution in [0.4, 0.5) is 5.13 Å². The average Bonchev–Trinajstić information content (AvgIpc) is 3.04. The van der Waals surface area contributed by atoms with E-state index in [1.54, 1.807) is 29.8 Å². The second-order valence-corrected chi connectivity index (χ2v) is 7.50. The van der Waals surface area contributed by atoms with Crippen molar-refractivity contribution in [1.82, 2.24) is 10.3 Å². The quantitative estimate of drug-likeness (QED) is 0.790. The molecule has 2 rings (SSSR count). The van der Waals surface area contributed by atoms with Gasteiger partial charge in [-0.1, -0.05) is 18.5 Å². The molecule has 0 aliphatic heterocycles. The molecule has 0 spiro atoms. The van der Waals surface area contributed by atoms with Crippen molar-refractivity contribution in [3.05, 3.63) is 31.9 Å². The zero-order valence-electron chi connectivity index (χ0n) is 12.5. The number of anilines is 1. The van der Waals surface area contributed by atoms with Crippen LogP contribution in [0.25, 0.3) is 0 Å². The molecular weight excluding hydrogens is 326 g/mol. The molecule has 0 amide bonds. The van der Waals surface area contributed by atoms with Crippen LogP contribution in [0.2, 0.25) is 4.34 Å². The topological polar surface area (TPSA) is 37.4 Å². The molecule has 0 bridgehead atoms. The second-order valence-electron chi connectivity index (χ2n) is 4.64. The molecule has 0 saturated carbocycles. The number of methoxy groups -OCH3 is 1. The first-order valence-electron chi connectivity index (χ1n) is 6.77. The lowest BCUT2D eigenvalue weighted by atomic mass is 10.3. The van der Waals surface area contributed by atoms with Crippen LogP contribution in [-0.4, -0.2) is 25.7 Å². The van der Waals surface area contributed by atoms with E-state index in [1.165, 1.54) is 9.75 Å². The van der Waals surface area contributed by atoms with Crippen LogP contribution in [0.5, 0.6) is 0 Å². The van der Waals surface area contributed by atoms with Crippen LogP contribution >= 0.6 is 34.3 Å². The molecule has 0 unspecified atom stereocenters. The summed E-state index contributed by atoms with van der Waals surface area (Å²) in [5, 5.41) is 4.36. The maximum Gasteiger partial charge on any atom is 0.185 e. The highest BCUT2D eigenvalue weighted by atomic mass is 35.5. The standard InChI is InChI=1S/C14H20ClN3OS2/c1-4-16-7-12-11(9-19-3)17-14(21-12)18(2)8-10-5-6-13(15)20-10/h5-6,16H,4,7-9H2,1-3H3. The van der Waals surface area contributed by atoms with Crippen molar-refractivity contribution < 1.29 is 4.74 Å². The van der Waals surface area contributed by atoms with E-state index in [0.717, 1.165) is 34.8 Å². The fourth-order valence-corrected chi connectivity index (χ4v) is 4.03. The maximum atomic E-state index is 5.98.